The third-order valence-corrected chi connectivity index (χ3v) is 8.04. The van der Waals surface area contributed by atoms with Gasteiger partial charge in [-0.25, -0.2) is 17.3 Å². The first-order chi connectivity index (χ1) is 17.0. The van der Waals surface area contributed by atoms with Crippen LogP contribution in [0.3, 0.4) is 0 Å². The zero-order valence-corrected chi connectivity index (χ0v) is 20.5. The monoisotopic (exact) mass is 522 g/mol. The number of rotatable bonds is 8. The van der Waals surface area contributed by atoms with Gasteiger partial charge in [-0.2, -0.15) is 10.2 Å². The Bertz CT molecular complexity index is 1140. The van der Waals surface area contributed by atoms with Crippen LogP contribution in [0.4, 0.5) is 14.5 Å². The Morgan fingerprint density at radius 3 is 2.54 bits per heavy atom. The van der Waals surface area contributed by atoms with Gasteiger partial charge in [0, 0.05) is 49.4 Å². The van der Waals surface area contributed by atoms with Crippen molar-refractivity contribution in [3.8, 4) is 0 Å². The number of piperazine rings is 1. The fraction of sp³-hybridized carbons (Fsp3) is 0.435. The number of nitrogens with zero attached hydrogens (tertiary/aromatic N) is 6. The third kappa shape index (κ3) is 5.59. The minimum atomic E-state index is -2.62. The van der Waals surface area contributed by atoms with Gasteiger partial charge in [0.1, 0.15) is 5.71 Å². The van der Waals surface area contributed by atoms with E-state index in [0.717, 1.165) is 32.0 Å². The number of alkyl halides is 2. The minimum absolute atomic E-state index is 0.0102. The number of aromatic nitrogens is 1. The molecule has 2 fully saturated rings. The fourth-order valence-corrected chi connectivity index (χ4v) is 5.63. The summed E-state index contributed by atoms with van der Waals surface area (Å²) < 4.78 is 48.5. The van der Waals surface area contributed by atoms with Crippen molar-refractivity contribution < 1.29 is 17.7 Å². The fourth-order valence-electron chi connectivity index (χ4n) is 4.15. The molecule has 2 aromatic rings. The molecule has 8 nitrogen and oxygen atoms in total. The van der Waals surface area contributed by atoms with E-state index in [1.165, 1.54) is 0 Å². The molecule has 3 aliphatic rings. The number of hydrogen-bond donors (Lipinski definition) is 0. The van der Waals surface area contributed by atoms with E-state index in [2.05, 4.69) is 20.1 Å². The highest BCUT2D eigenvalue weighted by Gasteiger charge is 2.32. The predicted molar refractivity (Wildman–Crippen MR) is 132 cm³/mol. The standard InChI is InChI=1S/C23H25ClF2N6O2S/c24-17-2-1-3-19(10-17)32(35(33)31-8-6-30(7-9-31)20-14-34-15-20)13-18-5-4-16(12-27-18)21-11-22(23(25)26)29-28-21/h1-5,10,12,20,23H,6-9,11,13-15H2. The lowest BCUT2D eigenvalue weighted by molar-refractivity contribution is -0.0719. The summed E-state index contributed by atoms with van der Waals surface area (Å²) in [5.41, 5.74) is 2.27. The molecule has 1 aromatic heterocycles. The van der Waals surface area contributed by atoms with E-state index >= 15 is 0 Å². The molecule has 0 amide bonds. The average Bonchev–Trinajstić information content (AvgIpc) is 3.33. The number of pyridine rings is 1. The SMILES string of the molecule is O=S(N1CCN(C2COC2)CC1)N(Cc1ccc(C2=NN=C(C(F)F)C2)cn1)c1cccc(Cl)c1. The first kappa shape index (κ1) is 24.4. The second-order valence-corrected chi connectivity index (χ2v) is 10.4. The molecule has 1 unspecified atom stereocenters. The Morgan fingerprint density at radius 1 is 1.14 bits per heavy atom. The molecular formula is C23H25ClF2N6O2S. The molecule has 0 N–H and O–H groups in total. The van der Waals surface area contributed by atoms with E-state index in [4.69, 9.17) is 16.3 Å². The summed E-state index contributed by atoms with van der Waals surface area (Å²) in [5.74, 6) is 0. The van der Waals surface area contributed by atoms with Gasteiger partial charge < -0.3 is 4.74 Å². The van der Waals surface area contributed by atoms with Crippen LogP contribution in [0.25, 0.3) is 0 Å². The van der Waals surface area contributed by atoms with Gasteiger partial charge in [-0.1, -0.05) is 17.7 Å². The normalized spacial score (nSPS) is 20.5. The van der Waals surface area contributed by atoms with Crippen molar-refractivity contribution in [2.45, 2.75) is 25.4 Å². The molecule has 0 aliphatic carbocycles. The van der Waals surface area contributed by atoms with E-state index in [-0.39, 0.29) is 18.7 Å². The van der Waals surface area contributed by atoms with E-state index in [1.54, 1.807) is 34.8 Å². The predicted octanol–water partition coefficient (Wildman–Crippen LogP) is 3.15. The van der Waals surface area contributed by atoms with Crippen molar-refractivity contribution >= 4 is 39.9 Å². The molecule has 2 saturated heterocycles. The summed E-state index contributed by atoms with van der Waals surface area (Å²) in [6, 6.07) is 11.3. The van der Waals surface area contributed by atoms with Crippen molar-refractivity contribution in [3.63, 3.8) is 0 Å². The van der Waals surface area contributed by atoms with Gasteiger partial charge in [-0.15, -0.1) is 0 Å². The molecule has 4 heterocycles. The molecule has 186 valence electrons. The number of anilines is 1. The maximum absolute atomic E-state index is 13.7. The summed E-state index contributed by atoms with van der Waals surface area (Å²) >= 11 is 4.79. The number of hydrogen-bond acceptors (Lipinski definition) is 6. The van der Waals surface area contributed by atoms with E-state index in [1.807, 2.05) is 16.4 Å². The van der Waals surface area contributed by atoms with Gasteiger partial charge in [0.25, 0.3) is 6.43 Å². The van der Waals surface area contributed by atoms with Crippen molar-refractivity contribution in [2.24, 2.45) is 10.2 Å². The summed E-state index contributed by atoms with van der Waals surface area (Å²) in [6.45, 7) is 4.84. The Kier molecular flexibility index (Phi) is 7.49. The molecule has 1 aromatic carbocycles. The second kappa shape index (κ2) is 10.8. The molecule has 5 rings (SSSR count). The minimum Gasteiger partial charge on any atom is -0.378 e. The molecule has 35 heavy (non-hydrogen) atoms. The molecule has 3 aliphatic heterocycles. The quantitative estimate of drug-likeness (QED) is 0.534. The van der Waals surface area contributed by atoms with E-state index < -0.39 is 17.6 Å². The van der Waals surface area contributed by atoms with Gasteiger partial charge in [0.2, 0.25) is 0 Å². The Hall–Kier alpha value is -2.31. The lowest BCUT2D eigenvalue weighted by Gasteiger charge is -2.42. The molecule has 0 saturated carbocycles. The van der Waals surface area contributed by atoms with Crippen LogP contribution in [0.5, 0.6) is 0 Å². The topological polar surface area (TPSA) is 73.6 Å². The smallest absolute Gasteiger partial charge is 0.278 e. The molecule has 0 spiro atoms. The molecule has 0 bridgehead atoms. The van der Waals surface area contributed by atoms with Crippen LogP contribution in [-0.2, 0) is 22.5 Å². The van der Waals surface area contributed by atoms with Crippen molar-refractivity contribution in [2.75, 3.05) is 43.7 Å². The van der Waals surface area contributed by atoms with Crippen LogP contribution >= 0.6 is 11.6 Å². The first-order valence-corrected chi connectivity index (χ1v) is 12.8. The van der Waals surface area contributed by atoms with Gasteiger partial charge in [-0.3, -0.25) is 14.2 Å². The van der Waals surface area contributed by atoms with E-state index in [0.29, 0.717) is 41.1 Å². The Morgan fingerprint density at radius 2 is 1.94 bits per heavy atom. The lowest BCUT2D eigenvalue weighted by atomic mass is 10.1. The Labute approximate surface area is 210 Å². The molecule has 12 heteroatoms. The van der Waals surface area contributed by atoms with Crippen molar-refractivity contribution in [1.29, 1.82) is 0 Å². The highest BCUT2D eigenvalue weighted by Crippen LogP contribution is 2.25. The summed E-state index contributed by atoms with van der Waals surface area (Å²) in [5, 5.41) is 7.98. The average molecular weight is 523 g/mol. The maximum atomic E-state index is 13.7. The van der Waals surface area contributed by atoms with Crippen LogP contribution < -0.4 is 4.31 Å². The Balaban J connectivity index is 1.29. The number of halogens is 3. The summed E-state index contributed by atoms with van der Waals surface area (Å²) in [7, 11) is 0. The van der Waals surface area contributed by atoms with Gasteiger partial charge >= 0.3 is 0 Å². The first-order valence-electron chi connectivity index (χ1n) is 11.4. The van der Waals surface area contributed by atoms with Gasteiger partial charge in [0.05, 0.1) is 42.9 Å². The second-order valence-electron chi connectivity index (χ2n) is 8.56. The van der Waals surface area contributed by atoms with Crippen molar-refractivity contribution in [3.05, 3.63) is 58.9 Å². The largest absolute Gasteiger partial charge is 0.378 e. The van der Waals surface area contributed by atoms with Crippen LogP contribution in [-0.4, -0.2) is 81.7 Å². The zero-order valence-electron chi connectivity index (χ0n) is 18.9. The maximum Gasteiger partial charge on any atom is 0.278 e. The highest BCUT2D eigenvalue weighted by atomic mass is 35.5. The van der Waals surface area contributed by atoms with Crippen LogP contribution in [0.2, 0.25) is 5.02 Å². The highest BCUT2D eigenvalue weighted by molar-refractivity contribution is 7.84. The molecule has 1 atom stereocenters. The molecule has 0 radical (unpaired) electrons. The number of benzene rings is 1. The van der Waals surface area contributed by atoms with Gasteiger partial charge in [-0.05, 0) is 30.3 Å². The van der Waals surface area contributed by atoms with Crippen molar-refractivity contribution in [1.82, 2.24) is 14.2 Å². The number of ether oxygens (including phenoxy) is 1. The molecular weight excluding hydrogens is 498 g/mol. The van der Waals surface area contributed by atoms with E-state index in [9.17, 15) is 13.0 Å². The van der Waals surface area contributed by atoms with Crippen LogP contribution in [0.15, 0.2) is 52.8 Å². The van der Waals surface area contributed by atoms with Crippen LogP contribution in [0, 0.1) is 0 Å². The zero-order chi connectivity index (χ0) is 24.4. The lowest BCUT2D eigenvalue weighted by Crippen LogP contribution is -2.57. The summed E-state index contributed by atoms with van der Waals surface area (Å²) in [6.07, 6.45) is -1.01. The van der Waals surface area contributed by atoms with Gasteiger partial charge in [0.15, 0.2) is 11.2 Å². The summed E-state index contributed by atoms with van der Waals surface area (Å²) in [4.78, 5) is 6.88. The van der Waals surface area contributed by atoms with Crippen LogP contribution in [0.1, 0.15) is 17.7 Å². The third-order valence-electron chi connectivity index (χ3n) is 6.28.